The number of aliphatic hydroxyl groups is 1. The third kappa shape index (κ3) is 4.22. The van der Waals surface area contributed by atoms with Crippen molar-refractivity contribution < 1.29 is 19.4 Å². The molecule has 1 saturated heterocycles. The monoisotopic (exact) mass is 474 g/mol. The lowest BCUT2D eigenvalue weighted by Gasteiger charge is -2.26. The second kappa shape index (κ2) is 9.25. The maximum Gasteiger partial charge on any atom is 0.295 e. The molecule has 1 fully saturated rings. The number of benzene rings is 2. The molecule has 1 aromatic heterocycles. The molecule has 0 aliphatic carbocycles. The average Bonchev–Trinajstić information content (AvgIpc) is 3.28. The van der Waals surface area contributed by atoms with Crippen LogP contribution in [0.3, 0.4) is 0 Å². The van der Waals surface area contributed by atoms with Gasteiger partial charge in [0, 0.05) is 39.8 Å². The van der Waals surface area contributed by atoms with Gasteiger partial charge < -0.3 is 19.7 Å². The van der Waals surface area contributed by atoms with Gasteiger partial charge in [0.2, 0.25) is 0 Å². The van der Waals surface area contributed by atoms with Crippen molar-refractivity contribution in [1.29, 1.82) is 0 Å². The summed E-state index contributed by atoms with van der Waals surface area (Å²) in [5, 5.41) is 12.5. The molecule has 1 unspecified atom stereocenters. The van der Waals surface area contributed by atoms with Crippen LogP contribution >= 0.6 is 0 Å². The normalized spacial score (nSPS) is 18.0. The van der Waals surface area contributed by atoms with Gasteiger partial charge in [0.05, 0.1) is 18.7 Å². The third-order valence-corrected chi connectivity index (χ3v) is 6.79. The fourth-order valence-corrected chi connectivity index (χ4v) is 4.99. The standard InChI is InChI=1S/C29H34N2O4/c1-7-8-15-31-25(23-17(2)30-21-12-10-9-11-19(21)23)24(27(33)28(31)34)26(32)18-13-14-22(35-6)20(16-18)29(3,4)5/h9-14,16,25,30,32H,7-8,15H2,1-6H3/b26-24+. The first-order valence-electron chi connectivity index (χ1n) is 12.1. The van der Waals surface area contributed by atoms with E-state index in [-0.39, 0.29) is 16.7 Å². The summed E-state index contributed by atoms with van der Waals surface area (Å²) in [5.74, 6) is -0.674. The van der Waals surface area contributed by atoms with Crippen molar-refractivity contribution in [2.75, 3.05) is 13.7 Å². The molecule has 1 aliphatic rings. The van der Waals surface area contributed by atoms with Crippen LogP contribution in [-0.4, -0.2) is 40.3 Å². The Morgan fingerprint density at radius 2 is 1.86 bits per heavy atom. The number of carbonyl (C=O) groups excluding carboxylic acids is 2. The average molecular weight is 475 g/mol. The molecule has 0 bridgehead atoms. The van der Waals surface area contributed by atoms with Gasteiger partial charge in [-0.1, -0.05) is 52.3 Å². The fourth-order valence-electron chi connectivity index (χ4n) is 4.99. The lowest BCUT2D eigenvalue weighted by molar-refractivity contribution is -0.139. The molecule has 6 nitrogen and oxygen atoms in total. The fraction of sp³-hybridized carbons (Fsp3) is 0.379. The van der Waals surface area contributed by atoms with Crippen molar-refractivity contribution in [3.63, 3.8) is 0 Å². The highest BCUT2D eigenvalue weighted by molar-refractivity contribution is 6.46. The zero-order chi connectivity index (χ0) is 25.5. The smallest absolute Gasteiger partial charge is 0.295 e. The number of unbranched alkanes of at least 4 members (excludes halogenated alkanes) is 1. The van der Waals surface area contributed by atoms with Crippen LogP contribution in [0, 0.1) is 6.92 Å². The van der Waals surface area contributed by atoms with Crippen molar-refractivity contribution in [3.05, 3.63) is 70.4 Å². The van der Waals surface area contributed by atoms with Gasteiger partial charge in [0.25, 0.3) is 11.7 Å². The summed E-state index contributed by atoms with van der Waals surface area (Å²) >= 11 is 0. The molecule has 3 aromatic rings. The number of likely N-dealkylation sites (tertiary alicyclic amines) is 1. The molecule has 0 spiro atoms. The highest BCUT2D eigenvalue weighted by Crippen LogP contribution is 2.44. The van der Waals surface area contributed by atoms with Crippen LogP contribution in [-0.2, 0) is 15.0 Å². The van der Waals surface area contributed by atoms with E-state index in [2.05, 4.69) is 25.8 Å². The molecule has 2 aromatic carbocycles. The van der Waals surface area contributed by atoms with Crippen LogP contribution in [0.1, 0.15) is 69.0 Å². The van der Waals surface area contributed by atoms with Crippen LogP contribution < -0.4 is 4.74 Å². The van der Waals surface area contributed by atoms with Crippen molar-refractivity contribution in [2.45, 2.75) is 58.9 Å². The molecule has 184 valence electrons. The van der Waals surface area contributed by atoms with Crippen molar-refractivity contribution in [1.82, 2.24) is 9.88 Å². The van der Waals surface area contributed by atoms with E-state index in [9.17, 15) is 14.7 Å². The van der Waals surface area contributed by atoms with Gasteiger partial charge in [-0.3, -0.25) is 9.59 Å². The maximum absolute atomic E-state index is 13.4. The van der Waals surface area contributed by atoms with Crippen LogP contribution in [0.5, 0.6) is 5.75 Å². The van der Waals surface area contributed by atoms with Crippen molar-refractivity contribution in [3.8, 4) is 5.75 Å². The second-order valence-electron chi connectivity index (χ2n) is 10.2. The number of aryl methyl sites for hydroxylation is 1. The zero-order valence-electron chi connectivity index (χ0n) is 21.4. The van der Waals surface area contributed by atoms with Crippen LogP contribution in [0.2, 0.25) is 0 Å². The largest absolute Gasteiger partial charge is 0.507 e. The summed E-state index contributed by atoms with van der Waals surface area (Å²) in [5.41, 5.74) is 3.93. The van der Waals surface area contributed by atoms with Crippen LogP contribution in [0.25, 0.3) is 16.7 Å². The van der Waals surface area contributed by atoms with E-state index in [1.807, 2.05) is 44.2 Å². The number of ketones is 1. The molecule has 0 saturated carbocycles. The molecule has 6 heteroatoms. The summed E-state index contributed by atoms with van der Waals surface area (Å²) in [6.07, 6.45) is 1.65. The first kappa shape index (κ1) is 24.6. The SMILES string of the molecule is CCCCN1C(=O)C(=O)/C(=C(/O)c2ccc(OC)c(C(C)(C)C)c2)C1c1c(C)[nH]c2ccccc12. The minimum Gasteiger partial charge on any atom is -0.507 e. The minimum atomic E-state index is -0.669. The predicted molar refractivity (Wildman–Crippen MR) is 139 cm³/mol. The Morgan fingerprint density at radius 3 is 2.51 bits per heavy atom. The number of hydrogen-bond donors (Lipinski definition) is 2. The van der Waals surface area contributed by atoms with Gasteiger partial charge >= 0.3 is 0 Å². The first-order chi connectivity index (χ1) is 16.6. The zero-order valence-corrected chi connectivity index (χ0v) is 21.4. The number of rotatable bonds is 6. The van der Waals surface area contributed by atoms with E-state index in [1.54, 1.807) is 24.1 Å². The number of aliphatic hydroxyl groups excluding tert-OH is 1. The lowest BCUT2D eigenvalue weighted by Crippen LogP contribution is -2.30. The van der Waals surface area contributed by atoms with E-state index in [4.69, 9.17) is 4.74 Å². The van der Waals surface area contributed by atoms with Crippen molar-refractivity contribution >= 4 is 28.4 Å². The minimum absolute atomic E-state index is 0.129. The summed E-state index contributed by atoms with van der Waals surface area (Å²) in [6.45, 7) is 10.6. The number of hydrogen-bond acceptors (Lipinski definition) is 4. The molecule has 2 N–H and O–H groups in total. The lowest BCUT2D eigenvalue weighted by atomic mass is 9.84. The van der Waals surface area contributed by atoms with E-state index >= 15 is 0 Å². The summed E-state index contributed by atoms with van der Waals surface area (Å²) < 4.78 is 5.54. The van der Waals surface area contributed by atoms with Gasteiger partial charge in [-0.25, -0.2) is 0 Å². The number of aromatic amines is 1. The molecule has 1 atom stereocenters. The number of nitrogens with zero attached hydrogens (tertiary/aromatic N) is 1. The Morgan fingerprint density at radius 1 is 1.14 bits per heavy atom. The van der Waals surface area contributed by atoms with Crippen LogP contribution in [0.15, 0.2) is 48.0 Å². The van der Waals surface area contributed by atoms with Gasteiger partial charge in [0.15, 0.2) is 0 Å². The predicted octanol–water partition coefficient (Wildman–Crippen LogP) is 6.00. The van der Waals surface area contributed by atoms with Gasteiger partial charge in [-0.05, 0) is 43.0 Å². The van der Waals surface area contributed by atoms with Gasteiger partial charge in [0.1, 0.15) is 11.5 Å². The number of methoxy groups -OCH3 is 1. The Labute approximate surface area is 206 Å². The number of fused-ring (bicyclic) bond motifs is 1. The third-order valence-electron chi connectivity index (χ3n) is 6.79. The van der Waals surface area contributed by atoms with Crippen LogP contribution in [0.4, 0.5) is 0 Å². The van der Waals surface area contributed by atoms with E-state index < -0.39 is 17.7 Å². The Balaban J connectivity index is 1.97. The van der Waals surface area contributed by atoms with E-state index in [1.165, 1.54) is 0 Å². The number of amides is 1. The summed E-state index contributed by atoms with van der Waals surface area (Å²) in [7, 11) is 1.61. The highest BCUT2D eigenvalue weighted by atomic mass is 16.5. The Hall–Kier alpha value is -3.54. The summed E-state index contributed by atoms with van der Waals surface area (Å²) in [4.78, 5) is 31.6. The topological polar surface area (TPSA) is 82.6 Å². The Bertz CT molecular complexity index is 1330. The first-order valence-corrected chi connectivity index (χ1v) is 12.1. The second-order valence-corrected chi connectivity index (χ2v) is 10.2. The number of aromatic nitrogens is 1. The molecule has 35 heavy (non-hydrogen) atoms. The number of ether oxygens (including phenoxy) is 1. The number of H-pyrrole nitrogens is 1. The number of nitrogens with one attached hydrogen (secondary N) is 1. The number of Topliss-reactive ketones (excluding diaryl/α,β-unsaturated/α-hetero) is 1. The van der Waals surface area contributed by atoms with Gasteiger partial charge in [-0.15, -0.1) is 0 Å². The van der Waals surface area contributed by atoms with Gasteiger partial charge in [-0.2, -0.15) is 0 Å². The molecular weight excluding hydrogens is 440 g/mol. The molecule has 2 heterocycles. The molecule has 1 aliphatic heterocycles. The van der Waals surface area contributed by atoms with E-state index in [0.717, 1.165) is 40.6 Å². The Kier molecular flexibility index (Phi) is 6.50. The number of para-hydroxylation sites is 1. The van der Waals surface area contributed by atoms with Crippen molar-refractivity contribution in [2.24, 2.45) is 0 Å². The molecule has 0 radical (unpaired) electrons. The quantitative estimate of drug-likeness (QED) is 0.261. The maximum atomic E-state index is 13.4. The molecule has 1 amide bonds. The molecule has 4 rings (SSSR count). The highest BCUT2D eigenvalue weighted by Gasteiger charge is 2.47. The van der Waals surface area contributed by atoms with E-state index in [0.29, 0.717) is 17.9 Å². The summed E-state index contributed by atoms with van der Waals surface area (Å²) in [6, 6.07) is 12.6. The molecular formula is C29H34N2O4. The number of carbonyl (C=O) groups is 2.